The van der Waals surface area contributed by atoms with E-state index in [4.69, 9.17) is 16.3 Å². The van der Waals surface area contributed by atoms with Gasteiger partial charge < -0.3 is 4.74 Å². The molecule has 60 valence electrons. The quantitative estimate of drug-likeness (QED) is 0.682. The molecule has 0 amide bonds. The molecule has 0 saturated heterocycles. The van der Waals surface area contributed by atoms with Crippen LogP contribution in [-0.4, -0.2) is 11.6 Å². The van der Waals surface area contributed by atoms with Crippen LogP contribution >= 0.6 is 11.6 Å². The fraction of sp³-hybridized carbons (Fsp3) is 0.375. The highest BCUT2D eigenvalue weighted by Gasteiger charge is 1.97. The van der Waals surface area contributed by atoms with Gasteiger partial charge in [0.2, 0.25) is 5.88 Å². The summed E-state index contributed by atoms with van der Waals surface area (Å²) in [6, 6.07) is 3.55. The largest absolute Gasteiger partial charge is 0.478 e. The summed E-state index contributed by atoms with van der Waals surface area (Å²) in [4.78, 5) is 4.11. The predicted octanol–water partition coefficient (Wildman–Crippen LogP) is 2.44. The Labute approximate surface area is 71.2 Å². The maximum Gasteiger partial charge on any atom is 0.213 e. The summed E-state index contributed by atoms with van der Waals surface area (Å²) in [6.45, 7) is 4.41. The van der Waals surface area contributed by atoms with Crippen molar-refractivity contribution in [3.05, 3.63) is 22.8 Å². The summed E-state index contributed by atoms with van der Waals surface area (Å²) in [6.07, 6.45) is 0. The van der Waals surface area contributed by atoms with E-state index >= 15 is 0 Å². The molecule has 1 heterocycles. The zero-order valence-electron chi connectivity index (χ0n) is 6.60. The predicted molar refractivity (Wildman–Crippen MR) is 45.2 cm³/mol. The number of hydrogen-bond donors (Lipinski definition) is 0. The molecule has 0 aliphatic rings. The second-order valence-corrected chi connectivity index (χ2v) is 2.56. The van der Waals surface area contributed by atoms with Crippen LogP contribution in [0.2, 0.25) is 5.02 Å². The summed E-state index contributed by atoms with van der Waals surface area (Å²) in [7, 11) is 0. The van der Waals surface area contributed by atoms with E-state index in [-0.39, 0.29) is 0 Å². The van der Waals surface area contributed by atoms with E-state index in [0.29, 0.717) is 17.5 Å². The van der Waals surface area contributed by atoms with Gasteiger partial charge in [-0.25, -0.2) is 4.98 Å². The first-order chi connectivity index (χ1) is 5.24. The van der Waals surface area contributed by atoms with Crippen LogP contribution in [0.25, 0.3) is 0 Å². The number of aryl methyl sites for hydroxylation is 1. The lowest BCUT2D eigenvalue weighted by molar-refractivity contribution is 0.326. The summed E-state index contributed by atoms with van der Waals surface area (Å²) in [5.41, 5.74) is 0.803. The molecule has 3 heteroatoms. The smallest absolute Gasteiger partial charge is 0.213 e. The average Bonchev–Trinajstić information content (AvgIpc) is 1.98. The molecule has 0 aromatic carbocycles. The number of halogens is 1. The summed E-state index contributed by atoms with van der Waals surface area (Å²) < 4.78 is 5.17. The molecular weight excluding hydrogens is 162 g/mol. The molecule has 1 aromatic heterocycles. The Balaban J connectivity index is 2.86. The molecule has 0 N–H and O–H groups in total. The molecule has 0 bridgehead atoms. The maximum absolute atomic E-state index is 5.76. The number of rotatable bonds is 2. The highest BCUT2D eigenvalue weighted by Crippen LogP contribution is 2.16. The van der Waals surface area contributed by atoms with Crippen molar-refractivity contribution < 1.29 is 4.74 Å². The fourth-order valence-electron chi connectivity index (χ4n) is 0.749. The molecule has 0 atom stereocenters. The zero-order chi connectivity index (χ0) is 8.27. The molecule has 0 aliphatic carbocycles. The Bertz CT molecular complexity index is 250. The van der Waals surface area contributed by atoms with Gasteiger partial charge in [0, 0.05) is 6.07 Å². The van der Waals surface area contributed by atoms with Gasteiger partial charge in [-0.2, -0.15) is 0 Å². The van der Waals surface area contributed by atoms with E-state index in [0.717, 1.165) is 5.69 Å². The third kappa shape index (κ3) is 2.09. The Morgan fingerprint density at radius 1 is 1.55 bits per heavy atom. The first-order valence-electron chi connectivity index (χ1n) is 3.50. The third-order valence-electron chi connectivity index (χ3n) is 1.29. The van der Waals surface area contributed by atoms with Gasteiger partial charge in [-0.1, -0.05) is 11.6 Å². The lowest BCUT2D eigenvalue weighted by atomic mass is 10.4. The highest BCUT2D eigenvalue weighted by molar-refractivity contribution is 6.31. The van der Waals surface area contributed by atoms with Crippen molar-refractivity contribution in [1.82, 2.24) is 4.98 Å². The minimum Gasteiger partial charge on any atom is -0.478 e. The van der Waals surface area contributed by atoms with Crippen molar-refractivity contribution in [2.75, 3.05) is 6.61 Å². The van der Waals surface area contributed by atoms with Crippen LogP contribution in [-0.2, 0) is 0 Å². The second kappa shape index (κ2) is 3.58. The minimum atomic E-state index is 0.633. The van der Waals surface area contributed by atoms with Gasteiger partial charge in [-0.3, -0.25) is 0 Å². The molecule has 0 saturated carbocycles. The van der Waals surface area contributed by atoms with Crippen LogP contribution in [0.15, 0.2) is 12.1 Å². The van der Waals surface area contributed by atoms with Gasteiger partial charge in [0.05, 0.1) is 17.3 Å². The standard InChI is InChI=1S/C8H10ClNO/c1-3-11-8-5-4-7(9)6(2)10-8/h4-5H,3H2,1-2H3. The van der Waals surface area contributed by atoms with Crippen LogP contribution < -0.4 is 4.74 Å². The van der Waals surface area contributed by atoms with E-state index in [1.165, 1.54) is 0 Å². The third-order valence-corrected chi connectivity index (χ3v) is 1.69. The Kier molecular flexibility index (Phi) is 2.71. The SMILES string of the molecule is CCOc1ccc(Cl)c(C)n1. The average molecular weight is 172 g/mol. The van der Waals surface area contributed by atoms with Gasteiger partial charge in [-0.05, 0) is 19.9 Å². The number of aromatic nitrogens is 1. The topological polar surface area (TPSA) is 22.1 Å². The maximum atomic E-state index is 5.76. The molecule has 0 unspecified atom stereocenters. The molecule has 0 aliphatic heterocycles. The van der Waals surface area contributed by atoms with E-state index in [9.17, 15) is 0 Å². The zero-order valence-corrected chi connectivity index (χ0v) is 7.35. The van der Waals surface area contributed by atoms with Crippen molar-refractivity contribution in [2.24, 2.45) is 0 Å². The van der Waals surface area contributed by atoms with Crippen molar-refractivity contribution >= 4 is 11.6 Å². The van der Waals surface area contributed by atoms with Crippen LogP contribution in [0.4, 0.5) is 0 Å². The van der Waals surface area contributed by atoms with E-state index in [2.05, 4.69) is 4.98 Å². The Hall–Kier alpha value is -0.760. The van der Waals surface area contributed by atoms with E-state index in [1.807, 2.05) is 13.8 Å². The number of pyridine rings is 1. The van der Waals surface area contributed by atoms with Crippen LogP contribution in [0.1, 0.15) is 12.6 Å². The molecular formula is C8H10ClNO. The van der Waals surface area contributed by atoms with Gasteiger partial charge in [0.25, 0.3) is 0 Å². The van der Waals surface area contributed by atoms with Crippen LogP contribution in [0.5, 0.6) is 5.88 Å². The first-order valence-corrected chi connectivity index (χ1v) is 3.87. The van der Waals surface area contributed by atoms with Crippen LogP contribution in [0, 0.1) is 6.92 Å². The first kappa shape index (κ1) is 8.34. The van der Waals surface area contributed by atoms with Crippen molar-refractivity contribution in [3.63, 3.8) is 0 Å². The molecule has 0 radical (unpaired) electrons. The summed E-state index contributed by atoms with van der Waals surface area (Å²) in [5.74, 6) is 0.634. The molecule has 1 aromatic rings. The van der Waals surface area contributed by atoms with Crippen molar-refractivity contribution in [1.29, 1.82) is 0 Å². The lowest BCUT2D eigenvalue weighted by Crippen LogP contribution is -1.95. The van der Waals surface area contributed by atoms with Gasteiger partial charge in [0.15, 0.2) is 0 Å². The second-order valence-electron chi connectivity index (χ2n) is 2.15. The van der Waals surface area contributed by atoms with E-state index in [1.54, 1.807) is 12.1 Å². The Morgan fingerprint density at radius 3 is 2.82 bits per heavy atom. The van der Waals surface area contributed by atoms with Gasteiger partial charge in [-0.15, -0.1) is 0 Å². The molecule has 1 rings (SSSR count). The number of hydrogen-bond acceptors (Lipinski definition) is 2. The van der Waals surface area contributed by atoms with Gasteiger partial charge in [0.1, 0.15) is 0 Å². The fourth-order valence-corrected chi connectivity index (χ4v) is 0.855. The molecule has 11 heavy (non-hydrogen) atoms. The number of ether oxygens (including phenoxy) is 1. The number of nitrogens with zero attached hydrogens (tertiary/aromatic N) is 1. The highest BCUT2D eigenvalue weighted by atomic mass is 35.5. The van der Waals surface area contributed by atoms with Crippen molar-refractivity contribution in [2.45, 2.75) is 13.8 Å². The van der Waals surface area contributed by atoms with Gasteiger partial charge >= 0.3 is 0 Å². The molecule has 0 spiro atoms. The Morgan fingerprint density at radius 2 is 2.27 bits per heavy atom. The normalized spacial score (nSPS) is 9.73. The molecule has 0 fully saturated rings. The van der Waals surface area contributed by atoms with E-state index < -0.39 is 0 Å². The monoisotopic (exact) mass is 171 g/mol. The van der Waals surface area contributed by atoms with Crippen LogP contribution in [0.3, 0.4) is 0 Å². The molecule has 2 nitrogen and oxygen atoms in total. The summed E-state index contributed by atoms with van der Waals surface area (Å²) in [5, 5.41) is 0.674. The lowest BCUT2D eigenvalue weighted by Gasteiger charge is -2.02. The van der Waals surface area contributed by atoms with Crippen molar-refractivity contribution in [3.8, 4) is 5.88 Å². The minimum absolute atomic E-state index is 0.633. The summed E-state index contributed by atoms with van der Waals surface area (Å²) >= 11 is 5.76.